The van der Waals surface area contributed by atoms with E-state index in [-0.39, 0.29) is 0 Å². The molecule has 0 aliphatic rings. The van der Waals surface area contributed by atoms with Gasteiger partial charge in [0.25, 0.3) is 0 Å². The highest BCUT2D eigenvalue weighted by Crippen LogP contribution is 2.24. The number of aryl methyl sites for hydroxylation is 1. The first kappa shape index (κ1) is 17.0. The Morgan fingerprint density at radius 2 is 2.00 bits per heavy atom. The van der Waals surface area contributed by atoms with Gasteiger partial charge in [0.05, 0.1) is 0 Å². The van der Waals surface area contributed by atoms with Crippen LogP contribution in [0.1, 0.15) is 17.1 Å². The molecular weight excluding hydrogens is 384 g/mol. The van der Waals surface area contributed by atoms with E-state index in [0.717, 1.165) is 34.2 Å². The molecule has 0 unspecified atom stereocenters. The zero-order valence-corrected chi connectivity index (χ0v) is 15.9. The minimum Gasteiger partial charge on any atom is -0.354 e. The molecule has 3 rings (SSSR count). The Kier molecular flexibility index (Phi) is 5.58. The quantitative estimate of drug-likeness (QED) is 0.432. The molecule has 0 amide bonds. The number of halogens is 1. The fourth-order valence-electron chi connectivity index (χ4n) is 2.44. The first-order valence-electron chi connectivity index (χ1n) is 7.68. The first-order chi connectivity index (χ1) is 11.7. The van der Waals surface area contributed by atoms with E-state index in [1.54, 1.807) is 11.8 Å². The second-order valence-corrected chi connectivity index (χ2v) is 7.36. The molecule has 2 heterocycles. The molecule has 6 heteroatoms. The summed E-state index contributed by atoms with van der Waals surface area (Å²) >= 11 is 5.17. The van der Waals surface area contributed by atoms with Gasteiger partial charge in [-0.3, -0.25) is 0 Å². The van der Waals surface area contributed by atoms with Crippen LogP contribution in [0.5, 0.6) is 0 Å². The monoisotopic (exact) mass is 402 g/mol. The zero-order chi connectivity index (χ0) is 16.9. The fourth-order valence-corrected chi connectivity index (χ4v) is 3.63. The van der Waals surface area contributed by atoms with Gasteiger partial charge >= 0.3 is 0 Å². The Bertz CT molecular complexity index is 820. The molecule has 0 fully saturated rings. The maximum atomic E-state index is 4.40. The van der Waals surface area contributed by atoms with Crippen molar-refractivity contribution >= 4 is 27.7 Å². The van der Waals surface area contributed by atoms with E-state index in [2.05, 4.69) is 72.2 Å². The van der Waals surface area contributed by atoms with E-state index in [1.807, 2.05) is 25.4 Å². The number of thioether (sulfide) groups is 1. The highest BCUT2D eigenvalue weighted by atomic mass is 79.9. The van der Waals surface area contributed by atoms with E-state index in [9.17, 15) is 0 Å². The highest BCUT2D eigenvalue weighted by Gasteiger charge is 2.13. The van der Waals surface area contributed by atoms with Gasteiger partial charge < -0.3 is 9.13 Å². The third-order valence-corrected chi connectivity index (χ3v) is 5.34. The molecule has 0 radical (unpaired) electrons. The van der Waals surface area contributed by atoms with Crippen LogP contribution >= 0.6 is 27.7 Å². The maximum Gasteiger partial charge on any atom is 0.191 e. The van der Waals surface area contributed by atoms with E-state index in [4.69, 9.17) is 0 Å². The minimum atomic E-state index is 0.718. The number of hydrogen-bond donors (Lipinski definition) is 0. The van der Waals surface area contributed by atoms with Gasteiger partial charge in [0.2, 0.25) is 0 Å². The van der Waals surface area contributed by atoms with Crippen molar-refractivity contribution in [3.05, 3.63) is 76.8 Å². The summed E-state index contributed by atoms with van der Waals surface area (Å²) in [5.41, 5.74) is 2.48. The Labute approximate surface area is 154 Å². The van der Waals surface area contributed by atoms with Crippen molar-refractivity contribution in [1.29, 1.82) is 0 Å². The third-order valence-electron chi connectivity index (χ3n) is 3.78. The molecule has 124 valence electrons. The average molecular weight is 403 g/mol. The minimum absolute atomic E-state index is 0.718. The molecule has 1 aromatic carbocycles. The Morgan fingerprint density at radius 3 is 2.67 bits per heavy atom. The average Bonchev–Trinajstić information content (AvgIpc) is 3.15. The number of hydrogen-bond acceptors (Lipinski definition) is 3. The summed E-state index contributed by atoms with van der Waals surface area (Å²) in [6.07, 6.45) is 4.71. The lowest BCUT2D eigenvalue weighted by Gasteiger charge is -2.08. The van der Waals surface area contributed by atoms with Gasteiger partial charge in [-0.2, -0.15) is 0 Å². The molecule has 4 nitrogen and oxygen atoms in total. The van der Waals surface area contributed by atoms with Crippen LogP contribution in [0.15, 0.2) is 64.9 Å². The summed E-state index contributed by atoms with van der Waals surface area (Å²) in [7, 11) is 2.05. The molecule has 3 aromatic rings. The molecule has 0 atom stereocenters. The Morgan fingerprint density at radius 1 is 1.21 bits per heavy atom. The third kappa shape index (κ3) is 3.99. The summed E-state index contributed by atoms with van der Waals surface area (Å²) in [4.78, 5) is 0. The van der Waals surface area contributed by atoms with E-state index in [1.165, 1.54) is 11.3 Å². The molecule has 0 spiro atoms. The number of aromatic nitrogens is 4. The van der Waals surface area contributed by atoms with Crippen molar-refractivity contribution in [2.24, 2.45) is 7.05 Å². The predicted molar refractivity (Wildman–Crippen MR) is 102 cm³/mol. The molecule has 24 heavy (non-hydrogen) atoms. The number of rotatable bonds is 7. The van der Waals surface area contributed by atoms with Crippen molar-refractivity contribution in [3.63, 3.8) is 0 Å². The van der Waals surface area contributed by atoms with Crippen LogP contribution in [0.3, 0.4) is 0 Å². The molecule has 0 bridgehead atoms. The fraction of sp³-hybridized carbons (Fsp3) is 0.222. The zero-order valence-electron chi connectivity index (χ0n) is 13.5. The van der Waals surface area contributed by atoms with Crippen LogP contribution < -0.4 is 0 Å². The highest BCUT2D eigenvalue weighted by molar-refractivity contribution is 9.10. The summed E-state index contributed by atoms with van der Waals surface area (Å²) in [5.74, 6) is 1.84. The van der Waals surface area contributed by atoms with Crippen LogP contribution in [0.2, 0.25) is 0 Å². The first-order valence-corrected chi connectivity index (χ1v) is 9.45. The Balaban J connectivity index is 1.76. The molecular formula is C18H19BrN4S. The molecule has 0 N–H and O–H groups in total. The van der Waals surface area contributed by atoms with E-state index >= 15 is 0 Å². The normalized spacial score (nSPS) is 10.9. The van der Waals surface area contributed by atoms with E-state index in [0.29, 0.717) is 0 Å². The smallest absolute Gasteiger partial charge is 0.191 e. The van der Waals surface area contributed by atoms with Crippen LogP contribution in [-0.2, 0) is 25.8 Å². The topological polar surface area (TPSA) is 35.6 Å². The van der Waals surface area contributed by atoms with Gasteiger partial charge in [0.15, 0.2) is 5.16 Å². The van der Waals surface area contributed by atoms with Crippen LogP contribution in [0, 0.1) is 0 Å². The van der Waals surface area contributed by atoms with Gasteiger partial charge in [-0.1, -0.05) is 45.9 Å². The number of benzene rings is 1. The summed E-state index contributed by atoms with van der Waals surface area (Å²) in [6, 6.07) is 12.5. The van der Waals surface area contributed by atoms with Crippen molar-refractivity contribution in [3.8, 4) is 0 Å². The predicted octanol–water partition coefficient (Wildman–Crippen LogP) is 4.45. The summed E-state index contributed by atoms with van der Waals surface area (Å²) in [6.45, 7) is 4.58. The van der Waals surface area contributed by atoms with Gasteiger partial charge in [-0.25, -0.2) is 0 Å². The molecule has 0 saturated heterocycles. The molecule has 0 aliphatic carbocycles. The summed E-state index contributed by atoms with van der Waals surface area (Å²) in [5, 5.41) is 9.72. The van der Waals surface area contributed by atoms with Gasteiger partial charge in [0, 0.05) is 42.1 Å². The Hall–Kier alpha value is -1.79. The van der Waals surface area contributed by atoms with Gasteiger partial charge in [0.1, 0.15) is 5.82 Å². The largest absolute Gasteiger partial charge is 0.354 e. The standard InChI is InChI=1S/C18H19BrN4S/c1-3-10-23-17(12-16-5-4-11-22(16)2)20-21-18(23)24-13-14-6-8-15(19)9-7-14/h3-9,11H,1,10,12-13H2,2H3. The SMILES string of the molecule is C=CCn1c(Cc2cccn2C)nnc1SCc1ccc(Br)cc1. The van der Waals surface area contributed by atoms with Crippen LogP contribution in [0.25, 0.3) is 0 Å². The molecule has 0 saturated carbocycles. The maximum absolute atomic E-state index is 4.40. The molecule has 0 aliphatic heterocycles. The van der Waals surface area contributed by atoms with Gasteiger partial charge in [-0.05, 0) is 29.8 Å². The van der Waals surface area contributed by atoms with Crippen LogP contribution in [0.4, 0.5) is 0 Å². The van der Waals surface area contributed by atoms with Crippen molar-refractivity contribution in [2.45, 2.75) is 23.9 Å². The van der Waals surface area contributed by atoms with Crippen molar-refractivity contribution < 1.29 is 0 Å². The lowest BCUT2D eigenvalue weighted by molar-refractivity contribution is 0.681. The number of nitrogens with zero attached hydrogens (tertiary/aromatic N) is 4. The summed E-state index contributed by atoms with van der Waals surface area (Å²) < 4.78 is 5.35. The molecule has 2 aromatic heterocycles. The van der Waals surface area contributed by atoms with Crippen LogP contribution in [-0.4, -0.2) is 19.3 Å². The van der Waals surface area contributed by atoms with E-state index < -0.39 is 0 Å². The second kappa shape index (κ2) is 7.85. The lowest BCUT2D eigenvalue weighted by atomic mass is 10.2. The second-order valence-electron chi connectivity index (χ2n) is 5.50. The van der Waals surface area contributed by atoms with Gasteiger partial charge in [-0.15, -0.1) is 16.8 Å². The van der Waals surface area contributed by atoms with Crippen molar-refractivity contribution in [1.82, 2.24) is 19.3 Å². The lowest BCUT2D eigenvalue weighted by Crippen LogP contribution is -2.06. The number of allylic oxidation sites excluding steroid dienone is 1. The van der Waals surface area contributed by atoms with Crippen molar-refractivity contribution in [2.75, 3.05) is 0 Å².